The number of anilines is 1. The Balaban J connectivity index is 1.55. The summed E-state index contributed by atoms with van der Waals surface area (Å²) in [5.74, 6) is 1.75. The third-order valence-corrected chi connectivity index (χ3v) is 4.65. The Labute approximate surface area is 149 Å². The fourth-order valence-corrected chi connectivity index (χ4v) is 3.20. The number of rotatable bonds is 7. The first-order valence-electron chi connectivity index (χ1n) is 8.72. The number of ether oxygens (including phenoxy) is 2. The molecule has 2 aromatic rings. The zero-order chi connectivity index (χ0) is 17.5. The molecule has 25 heavy (non-hydrogen) atoms. The molecule has 1 atom stereocenters. The summed E-state index contributed by atoms with van der Waals surface area (Å²) in [6, 6.07) is 17.9. The van der Waals surface area contributed by atoms with E-state index >= 15 is 0 Å². The predicted molar refractivity (Wildman–Crippen MR) is 99.6 cm³/mol. The molecule has 5 heteroatoms. The van der Waals surface area contributed by atoms with Crippen molar-refractivity contribution in [2.45, 2.75) is 6.04 Å². The van der Waals surface area contributed by atoms with Gasteiger partial charge >= 0.3 is 0 Å². The molecule has 0 radical (unpaired) electrons. The summed E-state index contributed by atoms with van der Waals surface area (Å²) in [5.41, 5.74) is 1.13. The number of hydrogen-bond acceptors (Lipinski definition) is 5. The molecule has 1 aliphatic rings. The maximum absolute atomic E-state index is 9.77. The van der Waals surface area contributed by atoms with E-state index in [1.165, 1.54) is 0 Å². The van der Waals surface area contributed by atoms with Crippen molar-refractivity contribution in [2.75, 3.05) is 51.4 Å². The van der Waals surface area contributed by atoms with Crippen molar-refractivity contribution < 1.29 is 14.6 Å². The van der Waals surface area contributed by atoms with Gasteiger partial charge < -0.3 is 19.5 Å². The van der Waals surface area contributed by atoms with E-state index in [-0.39, 0.29) is 12.6 Å². The van der Waals surface area contributed by atoms with Crippen molar-refractivity contribution in [1.82, 2.24) is 4.90 Å². The fourth-order valence-electron chi connectivity index (χ4n) is 3.20. The lowest BCUT2D eigenvalue weighted by molar-refractivity contribution is 0.0780. The van der Waals surface area contributed by atoms with Crippen LogP contribution in [0.15, 0.2) is 54.6 Å². The minimum atomic E-state index is 0.0139. The Bertz CT molecular complexity index is 642. The molecule has 1 N–H and O–H groups in total. The van der Waals surface area contributed by atoms with Crippen LogP contribution in [0.3, 0.4) is 0 Å². The van der Waals surface area contributed by atoms with Gasteiger partial charge in [0, 0.05) is 26.2 Å². The second-order valence-corrected chi connectivity index (χ2v) is 6.16. The maximum atomic E-state index is 9.77. The lowest BCUT2D eigenvalue weighted by Gasteiger charge is -2.39. The number of piperazine rings is 1. The van der Waals surface area contributed by atoms with Crippen LogP contribution in [0.2, 0.25) is 0 Å². The molecule has 1 saturated heterocycles. The number of nitrogens with zero attached hydrogens (tertiary/aromatic N) is 2. The Morgan fingerprint density at radius 2 is 1.64 bits per heavy atom. The van der Waals surface area contributed by atoms with Gasteiger partial charge in [-0.25, -0.2) is 0 Å². The topological polar surface area (TPSA) is 45.2 Å². The smallest absolute Gasteiger partial charge is 0.142 e. The van der Waals surface area contributed by atoms with Crippen LogP contribution < -0.4 is 14.4 Å². The first kappa shape index (κ1) is 17.6. The fraction of sp³-hybridized carbons (Fsp3) is 0.400. The van der Waals surface area contributed by atoms with Gasteiger partial charge in [-0.15, -0.1) is 0 Å². The van der Waals surface area contributed by atoms with E-state index in [0.29, 0.717) is 6.61 Å². The molecular weight excluding hydrogens is 316 g/mol. The van der Waals surface area contributed by atoms with E-state index in [1.807, 2.05) is 48.5 Å². The molecule has 0 bridgehead atoms. The number of methoxy groups -OCH3 is 1. The molecule has 1 fully saturated rings. The first-order chi connectivity index (χ1) is 12.3. The van der Waals surface area contributed by atoms with Crippen molar-refractivity contribution in [3.05, 3.63) is 54.6 Å². The number of hydrogen-bond donors (Lipinski definition) is 1. The molecule has 0 amide bonds. The van der Waals surface area contributed by atoms with Gasteiger partial charge in [0.25, 0.3) is 0 Å². The van der Waals surface area contributed by atoms with Crippen LogP contribution in [-0.2, 0) is 0 Å². The molecule has 134 valence electrons. The minimum Gasteiger partial charge on any atom is -0.495 e. The van der Waals surface area contributed by atoms with Crippen LogP contribution in [0.1, 0.15) is 0 Å². The van der Waals surface area contributed by atoms with E-state index < -0.39 is 0 Å². The van der Waals surface area contributed by atoms with Crippen molar-refractivity contribution in [1.29, 1.82) is 0 Å². The van der Waals surface area contributed by atoms with Gasteiger partial charge in [0.05, 0.1) is 25.4 Å². The Morgan fingerprint density at radius 3 is 2.32 bits per heavy atom. The highest BCUT2D eigenvalue weighted by Crippen LogP contribution is 2.28. The minimum absolute atomic E-state index is 0.0139. The Hall–Kier alpha value is -2.24. The van der Waals surface area contributed by atoms with Gasteiger partial charge in [0.1, 0.15) is 18.1 Å². The van der Waals surface area contributed by atoms with Crippen LogP contribution in [0.5, 0.6) is 11.5 Å². The number of aliphatic hydroxyl groups is 1. The Morgan fingerprint density at radius 1 is 0.960 bits per heavy atom. The molecule has 0 saturated carbocycles. The zero-order valence-corrected chi connectivity index (χ0v) is 14.7. The molecule has 3 rings (SSSR count). The average molecular weight is 342 g/mol. The standard InChI is InChI=1S/C20H26N2O3/c1-24-20-10-6-5-9-19(20)22-13-11-21(12-14-22)17(15-23)16-25-18-7-3-2-4-8-18/h2-10,17,23H,11-16H2,1H3. The van der Waals surface area contributed by atoms with Crippen molar-refractivity contribution in [3.63, 3.8) is 0 Å². The van der Waals surface area contributed by atoms with Crippen LogP contribution in [-0.4, -0.2) is 62.6 Å². The lowest BCUT2D eigenvalue weighted by atomic mass is 10.2. The molecule has 1 aliphatic heterocycles. The summed E-state index contributed by atoms with van der Waals surface area (Å²) < 4.78 is 11.3. The molecule has 0 aromatic heterocycles. The van der Waals surface area contributed by atoms with E-state index in [1.54, 1.807) is 7.11 Å². The number of benzene rings is 2. The SMILES string of the molecule is COc1ccccc1N1CCN(C(CO)COc2ccccc2)CC1. The van der Waals surface area contributed by atoms with Gasteiger partial charge in [-0.1, -0.05) is 30.3 Å². The van der Waals surface area contributed by atoms with Gasteiger partial charge in [0.2, 0.25) is 0 Å². The number of para-hydroxylation sites is 3. The molecule has 1 unspecified atom stereocenters. The van der Waals surface area contributed by atoms with Crippen LogP contribution in [0.4, 0.5) is 5.69 Å². The van der Waals surface area contributed by atoms with Gasteiger partial charge in [-0.3, -0.25) is 4.90 Å². The average Bonchev–Trinajstić information content (AvgIpc) is 2.70. The van der Waals surface area contributed by atoms with Crippen LogP contribution in [0.25, 0.3) is 0 Å². The Kier molecular flexibility index (Phi) is 6.14. The molecule has 5 nitrogen and oxygen atoms in total. The molecular formula is C20H26N2O3. The van der Waals surface area contributed by atoms with E-state index in [9.17, 15) is 5.11 Å². The largest absolute Gasteiger partial charge is 0.495 e. The van der Waals surface area contributed by atoms with Gasteiger partial charge in [-0.2, -0.15) is 0 Å². The second-order valence-electron chi connectivity index (χ2n) is 6.16. The summed E-state index contributed by atoms with van der Waals surface area (Å²) >= 11 is 0. The quantitative estimate of drug-likeness (QED) is 0.836. The summed E-state index contributed by atoms with van der Waals surface area (Å²) in [5, 5.41) is 9.77. The zero-order valence-electron chi connectivity index (χ0n) is 14.7. The highest BCUT2D eigenvalue weighted by atomic mass is 16.5. The normalized spacial score (nSPS) is 16.5. The van der Waals surface area contributed by atoms with Gasteiger partial charge in [0.15, 0.2) is 0 Å². The highest BCUT2D eigenvalue weighted by molar-refractivity contribution is 5.58. The van der Waals surface area contributed by atoms with Gasteiger partial charge in [-0.05, 0) is 24.3 Å². The molecule has 0 aliphatic carbocycles. The molecule has 0 spiro atoms. The van der Waals surface area contributed by atoms with E-state index in [2.05, 4.69) is 15.9 Å². The summed E-state index contributed by atoms with van der Waals surface area (Å²) in [4.78, 5) is 4.64. The van der Waals surface area contributed by atoms with Crippen molar-refractivity contribution in [3.8, 4) is 11.5 Å². The summed E-state index contributed by atoms with van der Waals surface area (Å²) in [6.07, 6.45) is 0. The first-order valence-corrected chi connectivity index (χ1v) is 8.72. The molecule has 2 aromatic carbocycles. The maximum Gasteiger partial charge on any atom is 0.142 e. The number of aliphatic hydroxyl groups excluding tert-OH is 1. The summed E-state index contributed by atoms with van der Waals surface area (Å²) in [7, 11) is 1.71. The predicted octanol–water partition coefficient (Wildman–Crippen LogP) is 2.26. The second kappa shape index (κ2) is 8.74. The van der Waals surface area contributed by atoms with Crippen LogP contribution >= 0.6 is 0 Å². The summed E-state index contributed by atoms with van der Waals surface area (Å²) in [6.45, 7) is 4.18. The third kappa shape index (κ3) is 4.44. The lowest BCUT2D eigenvalue weighted by Crippen LogP contribution is -2.53. The highest BCUT2D eigenvalue weighted by Gasteiger charge is 2.25. The van der Waals surface area contributed by atoms with E-state index in [4.69, 9.17) is 9.47 Å². The molecule has 1 heterocycles. The monoisotopic (exact) mass is 342 g/mol. The van der Waals surface area contributed by atoms with Crippen molar-refractivity contribution in [2.24, 2.45) is 0 Å². The van der Waals surface area contributed by atoms with Crippen molar-refractivity contribution >= 4 is 5.69 Å². The third-order valence-electron chi connectivity index (χ3n) is 4.65. The van der Waals surface area contributed by atoms with Crippen LogP contribution in [0, 0.1) is 0 Å². The van der Waals surface area contributed by atoms with E-state index in [0.717, 1.165) is 43.4 Å².